The van der Waals surface area contributed by atoms with Crippen molar-refractivity contribution in [3.8, 4) is 0 Å². The topological polar surface area (TPSA) is 0 Å². The summed E-state index contributed by atoms with van der Waals surface area (Å²) in [7, 11) is 0. The number of hydrogen-bond donors (Lipinski definition) is 0. The highest BCUT2D eigenvalue weighted by molar-refractivity contribution is 6.63. The zero-order valence-corrected chi connectivity index (χ0v) is 8.82. The number of rotatable bonds is 4. The van der Waals surface area contributed by atoms with Crippen molar-refractivity contribution in [3.63, 3.8) is 0 Å². The Bertz CT molecular complexity index is 224. The minimum absolute atomic E-state index is 0.113. The first-order valence-corrected chi connectivity index (χ1v) is 5.48. The highest BCUT2D eigenvalue weighted by Gasteiger charge is 2.73. The molecule has 0 spiro atoms. The van der Waals surface area contributed by atoms with Gasteiger partial charge in [0.2, 0.25) is 0 Å². The van der Waals surface area contributed by atoms with Gasteiger partial charge in [0.25, 0.3) is 0 Å². The lowest BCUT2D eigenvalue weighted by molar-refractivity contribution is -0.120. The smallest absolute Gasteiger partial charge is 0.449 e. The van der Waals surface area contributed by atoms with Crippen LogP contribution in [0.25, 0.3) is 0 Å². The van der Waals surface area contributed by atoms with Gasteiger partial charge in [-0.05, 0) is 17.8 Å². The first-order valence-electron chi connectivity index (χ1n) is 5.48. The van der Waals surface area contributed by atoms with E-state index in [0.717, 1.165) is 12.8 Å². The molecule has 0 radical (unpaired) electrons. The quantitative estimate of drug-likeness (QED) is 0.603. The van der Waals surface area contributed by atoms with Crippen molar-refractivity contribution >= 4 is 6.98 Å². The summed E-state index contributed by atoms with van der Waals surface area (Å²) in [4.78, 5) is 0. The molecule has 4 heteroatoms. The molecule has 0 atom stereocenters. The van der Waals surface area contributed by atoms with Gasteiger partial charge in [-0.15, -0.1) is 0 Å². The summed E-state index contributed by atoms with van der Waals surface area (Å²) in [6.45, 7) is -0.299. The van der Waals surface area contributed by atoms with E-state index in [-0.39, 0.29) is 5.41 Å². The van der Waals surface area contributed by atoms with Crippen molar-refractivity contribution in [2.75, 3.05) is 0 Å². The molecule has 0 nitrogen and oxygen atoms in total. The lowest BCUT2D eigenvalue weighted by Gasteiger charge is -2.76. The highest BCUT2D eigenvalue weighted by atomic mass is 19.4. The van der Waals surface area contributed by atoms with Crippen molar-refractivity contribution in [1.29, 1.82) is 0 Å². The highest BCUT2D eigenvalue weighted by Crippen LogP contribution is 2.83. The molecule has 0 saturated heterocycles. The minimum Gasteiger partial charge on any atom is -0.449 e. The van der Waals surface area contributed by atoms with Crippen LogP contribution < -0.4 is 0 Å². The Kier molecular flexibility index (Phi) is 2.00. The molecule has 3 fully saturated rings. The molecule has 3 aliphatic carbocycles. The average molecular weight is 205 g/mol. The summed E-state index contributed by atoms with van der Waals surface area (Å²) in [5.41, 5.74) is 0.113. The molecule has 0 aromatic rings. The van der Waals surface area contributed by atoms with Gasteiger partial charge in [0.1, 0.15) is 0 Å². The molecule has 0 heterocycles. The van der Waals surface area contributed by atoms with Crippen LogP contribution in [0.2, 0.25) is 5.31 Å². The maximum atomic E-state index is 12.6. The van der Waals surface area contributed by atoms with Crippen molar-refractivity contribution in [3.05, 3.63) is 0 Å². The summed E-state index contributed by atoms with van der Waals surface area (Å²) in [5.74, 6) is 0.622. The Hall–Kier alpha value is -0.145. The fraction of sp³-hybridized carbons (Fsp3) is 1.00. The second-order valence-corrected chi connectivity index (χ2v) is 5.90. The first kappa shape index (κ1) is 10.4. The molecular weight excluding hydrogens is 188 g/mol. The maximum Gasteiger partial charge on any atom is 0.484 e. The van der Waals surface area contributed by atoms with Crippen LogP contribution in [0.3, 0.4) is 0 Å². The lowest BCUT2D eigenvalue weighted by atomic mass is 9.23. The molecule has 0 N–H and O–H groups in total. The van der Waals surface area contributed by atoms with Crippen LogP contribution in [0.5, 0.6) is 0 Å². The Morgan fingerprint density at radius 2 is 1.64 bits per heavy atom. The van der Waals surface area contributed by atoms with E-state index in [1.807, 2.05) is 0 Å². The van der Waals surface area contributed by atoms with Gasteiger partial charge < -0.3 is 12.9 Å². The van der Waals surface area contributed by atoms with Gasteiger partial charge in [0.05, 0.1) is 0 Å². The van der Waals surface area contributed by atoms with Crippen LogP contribution >= 0.6 is 0 Å². The summed E-state index contributed by atoms with van der Waals surface area (Å²) in [6, 6.07) is 0. The zero-order valence-electron chi connectivity index (χ0n) is 8.82. The van der Waals surface area contributed by atoms with Crippen molar-refractivity contribution < 1.29 is 12.9 Å². The first-order chi connectivity index (χ1) is 6.29. The normalized spacial score (nSPS) is 40.7. The van der Waals surface area contributed by atoms with Gasteiger partial charge in [0.15, 0.2) is 0 Å². The van der Waals surface area contributed by atoms with Crippen molar-refractivity contribution in [2.24, 2.45) is 11.3 Å². The van der Waals surface area contributed by atoms with Crippen molar-refractivity contribution in [1.82, 2.24) is 0 Å². The Morgan fingerprint density at radius 3 is 2.00 bits per heavy atom. The third-order valence-electron chi connectivity index (χ3n) is 4.13. The van der Waals surface area contributed by atoms with Crippen LogP contribution in [0.4, 0.5) is 12.9 Å². The van der Waals surface area contributed by atoms with Gasteiger partial charge in [-0.1, -0.05) is 44.8 Å². The average Bonchev–Trinajstić information content (AvgIpc) is 1.76. The largest absolute Gasteiger partial charge is 0.484 e. The maximum absolute atomic E-state index is 12.6. The Balaban J connectivity index is 1.83. The third kappa shape index (κ3) is 1.29. The molecule has 3 saturated carbocycles. The van der Waals surface area contributed by atoms with E-state index < -0.39 is 12.3 Å². The standard InChI is InChI=1S/C10H17BF3/c1-8(2)3-4-9-5-10(6-9,7-9)11(12,13)14/h8H,3-7H2,1-2H3/q-1. The lowest BCUT2D eigenvalue weighted by Crippen LogP contribution is -2.64. The molecule has 3 aliphatic rings. The van der Waals surface area contributed by atoms with E-state index in [1.165, 1.54) is 0 Å². The SMILES string of the molecule is CC(C)CCC12CC([B-](F)(F)F)(C1)C2. The molecule has 82 valence electrons. The van der Waals surface area contributed by atoms with Crippen molar-refractivity contribution in [2.45, 2.75) is 51.3 Å². The van der Waals surface area contributed by atoms with E-state index in [2.05, 4.69) is 13.8 Å². The van der Waals surface area contributed by atoms with Gasteiger partial charge in [0, 0.05) is 0 Å². The fourth-order valence-corrected chi connectivity index (χ4v) is 3.29. The molecular formula is C10H17BF3-. The van der Waals surface area contributed by atoms with Crippen LogP contribution in [0.1, 0.15) is 46.0 Å². The van der Waals surface area contributed by atoms with E-state index in [1.54, 1.807) is 0 Å². The number of halogens is 3. The predicted molar refractivity (Wildman–Crippen MR) is 52.1 cm³/mol. The zero-order chi connectivity index (χ0) is 10.6. The molecule has 2 bridgehead atoms. The summed E-state index contributed by atoms with van der Waals surface area (Å²) < 4.78 is 37.7. The number of hydrogen-bond acceptors (Lipinski definition) is 0. The molecule has 0 aromatic carbocycles. The Morgan fingerprint density at radius 1 is 1.14 bits per heavy atom. The summed E-state index contributed by atoms with van der Waals surface area (Å²) in [6.07, 6.45) is 3.42. The molecule has 14 heavy (non-hydrogen) atoms. The third-order valence-corrected chi connectivity index (χ3v) is 4.13. The van der Waals surface area contributed by atoms with E-state index in [4.69, 9.17) is 0 Å². The molecule has 0 aromatic heterocycles. The van der Waals surface area contributed by atoms with Gasteiger partial charge in [-0.3, -0.25) is 0 Å². The van der Waals surface area contributed by atoms with E-state index in [0.29, 0.717) is 25.2 Å². The van der Waals surface area contributed by atoms with Crippen LogP contribution in [-0.4, -0.2) is 6.98 Å². The van der Waals surface area contributed by atoms with E-state index in [9.17, 15) is 12.9 Å². The Labute approximate surface area is 83.3 Å². The van der Waals surface area contributed by atoms with Crippen LogP contribution in [0.15, 0.2) is 0 Å². The predicted octanol–water partition coefficient (Wildman–Crippen LogP) is 4.19. The monoisotopic (exact) mass is 205 g/mol. The minimum atomic E-state index is -4.57. The summed E-state index contributed by atoms with van der Waals surface area (Å²) in [5, 5.41) is -1.18. The molecule has 0 aliphatic heterocycles. The molecule has 0 amide bonds. The van der Waals surface area contributed by atoms with Crippen LogP contribution in [0, 0.1) is 11.3 Å². The molecule has 3 rings (SSSR count). The van der Waals surface area contributed by atoms with Gasteiger partial charge in [-0.25, -0.2) is 0 Å². The van der Waals surface area contributed by atoms with Crippen LogP contribution in [-0.2, 0) is 0 Å². The van der Waals surface area contributed by atoms with E-state index >= 15 is 0 Å². The fourth-order valence-electron chi connectivity index (χ4n) is 3.29. The second kappa shape index (κ2) is 2.70. The summed E-state index contributed by atoms with van der Waals surface area (Å²) >= 11 is 0. The van der Waals surface area contributed by atoms with Gasteiger partial charge >= 0.3 is 6.98 Å². The molecule has 0 unspecified atom stereocenters. The second-order valence-electron chi connectivity index (χ2n) is 5.90. The van der Waals surface area contributed by atoms with Gasteiger partial charge in [-0.2, -0.15) is 0 Å².